The molecule has 4 heteroatoms. The molecule has 1 aliphatic rings. The van der Waals surface area contributed by atoms with E-state index >= 15 is 0 Å². The second-order valence-electron chi connectivity index (χ2n) is 8.29. The Morgan fingerprint density at radius 3 is 2.19 bits per heavy atom. The lowest BCUT2D eigenvalue weighted by Gasteiger charge is -2.20. The van der Waals surface area contributed by atoms with Gasteiger partial charge in [0.05, 0.1) is 19.3 Å². The van der Waals surface area contributed by atoms with Gasteiger partial charge in [-0.1, -0.05) is 24.3 Å². The topological polar surface area (TPSA) is 44.8 Å². The van der Waals surface area contributed by atoms with Crippen LogP contribution in [-0.4, -0.2) is 25.1 Å². The molecule has 0 aromatic heterocycles. The van der Waals surface area contributed by atoms with E-state index in [0.717, 1.165) is 40.0 Å². The van der Waals surface area contributed by atoms with E-state index in [0.29, 0.717) is 18.6 Å². The van der Waals surface area contributed by atoms with Crippen LogP contribution in [0.1, 0.15) is 45.2 Å². The summed E-state index contributed by atoms with van der Waals surface area (Å²) in [6.45, 7) is 8.10. The maximum atomic E-state index is 11.3. The number of fused-ring (bicyclic) bond motifs is 2. The third-order valence-electron chi connectivity index (χ3n) is 5.04. The molecule has 164 valence electrons. The van der Waals surface area contributed by atoms with Crippen molar-refractivity contribution < 1.29 is 19.0 Å². The standard InChI is InChI=1S/C14H16O2.C13H16O2/c1-10(2)16-14-6-4-5-11-9-12(15-3)7-8-13(11)14;1-9(2)15-13-5-3-4-10-8-11(14)6-7-12(10)13/h4-10H,1-3H3;3-5,9H,6-8H2,1-2H3. The number of hydrogen-bond acceptors (Lipinski definition) is 4. The summed E-state index contributed by atoms with van der Waals surface area (Å²) in [5.74, 6) is 3.09. The van der Waals surface area contributed by atoms with Crippen LogP contribution >= 0.6 is 0 Å². The first-order valence-corrected chi connectivity index (χ1v) is 10.9. The average Bonchev–Trinajstić information content (AvgIpc) is 2.73. The van der Waals surface area contributed by atoms with Gasteiger partial charge in [0.2, 0.25) is 0 Å². The third-order valence-corrected chi connectivity index (χ3v) is 5.04. The van der Waals surface area contributed by atoms with Crippen molar-refractivity contribution in [2.75, 3.05) is 7.11 Å². The molecule has 1 aliphatic carbocycles. The Kier molecular flexibility index (Phi) is 7.56. The molecule has 31 heavy (non-hydrogen) atoms. The van der Waals surface area contributed by atoms with Gasteiger partial charge in [-0.2, -0.15) is 0 Å². The Balaban J connectivity index is 0.000000176. The molecule has 0 N–H and O–H groups in total. The summed E-state index contributed by atoms with van der Waals surface area (Å²) < 4.78 is 16.7. The van der Waals surface area contributed by atoms with E-state index in [2.05, 4.69) is 6.07 Å². The number of ketones is 1. The lowest BCUT2D eigenvalue weighted by atomic mass is 9.90. The molecule has 0 fully saturated rings. The highest BCUT2D eigenvalue weighted by Gasteiger charge is 2.19. The number of carbonyl (C=O) groups is 1. The predicted molar refractivity (Wildman–Crippen MR) is 126 cm³/mol. The zero-order valence-electron chi connectivity index (χ0n) is 19.1. The highest BCUT2D eigenvalue weighted by Crippen LogP contribution is 2.30. The lowest BCUT2D eigenvalue weighted by molar-refractivity contribution is -0.118. The molecule has 0 saturated carbocycles. The Labute approximate surface area is 185 Å². The second kappa shape index (κ2) is 10.3. The summed E-state index contributed by atoms with van der Waals surface area (Å²) in [6.07, 6.45) is 2.44. The minimum atomic E-state index is 0.188. The number of methoxy groups -OCH3 is 1. The van der Waals surface area contributed by atoms with Crippen LogP contribution in [-0.2, 0) is 17.6 Å². The number of Topliss-reactive ketones (excluding diaryl/α,β-unsaturated/α-hetero) is 1. The molecule has 0 atom stereocenters. The average molecular weight is 421 g/mol. The fourth-order valence-corrected chi connectivity index (χ4v) is 3.71. The van der Waals surface area contributed by atoms with Crippen molar-refractivity contribution >= 4 is 16.6 Å². The first-order valence-electron chi connectivity index (χ1n) is 10.9. The van der Waals surface area contributed by atoms with Crippen molar-refractivity contribution in [2.45, 2.75) is 59.2 Å². The van der Waals surface area contributed by atoms with Crippen LogP contribution in [0.5, 0.6) is 17.2 Å². The van der Waals surface area contributed by atoms with Crippen molar-refractivity contribution in [3.8, 4) is 17.2 Å². The molecule has 0 spiro atoms. The molecular formula is C27H32O4. The van der Waals surface area contributed by atoms with E-state index in [1.165, 1.54) is 5.56 Å². The molecule has 0 amide bonds. The van der Waals surface area contributed by atoms with E-state index in [1.807, 2.05) is 76.2 Å². The van der Waals surface area contributed by atoms with E-state index in [-0.39, 0.29) is 12.2 Å². The molecule has 0 unspecified atom stereocenters. The Morgan fingerprint density at radius 2 is 1.48 bits per heavy atom. The number of carbonyl (C=O) groups excluding carboxylic acids is 1. The molecule has 0 heterocycles. The van der Waals surface area contributed by atoms with Gasteiger partial charge in [-0.3, -0.25) is 4.79 Å². The molecule has 0 bridgehead atoms. The summed E-state index contributed by atoms with van der Waals surface area (Å²) in [6, 6.07) is 18.0. The zero-order valence-corrected chi connectivity index (χ0v) is 19.1. The van der Waals surface area contributed by atoms with Gasteiger partial charge in [-0.15, -0.1) is 0 Å². The summed E-state index contributed by atoms with van der Waals surface area (Å²) in [4.78, 5) is 11.3. The number of ether oxygens (including phenoxy) is 3. The van der Waals surface area contributed by atoms with Crippen molar-refractivity contribution in [1.29, 1.82) is 0 Å². The fourth-order valence-electron chi connectivity index (χ4n) is 3.71. The first kappa shape index (κ1) is 22.7. The monoisotopic (exact) mass is 420 g/mol. The van der Waals surface area contributed by atoms with Crippen LogP contribution in [0.3, 0.4) is 0 Å². The Hall–Kier alpha value is -3.01. The molecule has 0 aliphatic heterocycles. The smallest absolute Gasteiger partial charge is 0.137 e. The Morgan fingerprint density at radius 1 is 0.806 bits per heavy atom. The van der Waals surface area contributed by atoms with Crippen molar-refractivity contribution in [3.05, 3.63) is 65.7 Å². The van der Waals surface area contributed by atoms with Crippen molar-refractivity contribution in [1.82, 2.24) is 0 Å². The normalized spacial score (nSPS) is 12.9. The van der Waals surface area contributed by atoms with Crippen LogP contribution in [0.2, 0.25) is 0 Å². The van der Waals surface area contributed by atoms with Crippen LogP contribution < -0.4 is 14.2 Å². The summed E-state index contributed by atoms with van der Waals surface area (Å²) in [5.41, 5.74) is 2.37. The van der Waals surface area contributed by atoms with Crippen LogP contribution in [0.4, 0.5) is 0 Å². The molecule has 3 aromatic rings. The van der Waals surface area contributed by atoms with E-state index in [4.69, 9.17) is 14.2 Å². The molecule has 0 saturated heterocycles. The largest absolute Gasteiger partial charge is 0.497 e. The van der Waals surface area contributed by atoms with Gasteiger partial charge < -0.3 is 14.2 Å². The first-order chi connectivity index (χ1) is 14.9. The SMILES string of the molecule is CC(C)Oc1cccc2c1CCC(=O)C2.COc1ccc2c(OC(C)C)cccc2c1. The lowest BCUT2D eigenvalue weighted by Crippen LogP contribution is -2.16. The number of rotatable bonds is 5. The van der Waals surface area contributed by atoms with Gasteiger partial charge in [-0.25, -0.2) is 0 Å². The van der Waals surface area contributed by atoms with Gasteiger partial charge in [-0.05, 0) is 81.0 Å². The highest BCUT2D eigenvalue weighted by molar-refractivity contribution is 5.89. The second-order valence-corrected chi connectivity index (χ2v) is 8.29. The minimum Gasteiger partial charge on any atom is -0.497 e. The van der Waals surface area contributed by atoms with E-state index < -0.39 is 0 Å². The van der Waals surface area contributed by atoms with Crippen LogP contribution in [0.25, 0.3) is 10.8 Å². The van der Waals surface area contributed by atoms with Crippen molar-refractivity contribution in [2.24, 2.45) is 0 Å². The molecule has 3 aromatic carbocycles. The quantitative estimate of drug-likeness (QED) is 0.495. The molecular weight excluding hydrogens is 388 g/mol. The number of hydrogen-bond donors (Lipinski definition) is 0. The zero-order chi connectivity index (χ0) is 22.4. The van der Waals surface area contributed by atoms with Gasteiger partial charge in [0.1, 0.15) is 23.0 Å². The van der Waals surface area contributed by atoms with E-state index in [1.54, 1.807) is 7.11 Å². The third kappa shape index (κ3) is 6.00. The molecule has 4 rings (SSSR count). The Bertz CT molecular complexity index is 1040. The molecule has 0 radical (unpaired) electrons. The summed E-state index contributed by atoms with van der Waals surface area (Å²) >= 11 is 0. The van der Waals surface area contributed by atoms with Gasteiger partial charge in [0.15, 0.2) is 0 Å². The minimum absolute atomic E-state index is 0.188. The summed E-state index contributed by atoms with van der Waals surface area (Å²) in [7, 11) is 1.68. The van der Waals surface area contributed by atoms with Gasteiger partial charge in [0, 0.05) is 18.2 Å². The summed E-state index contributed by atoms with van der Waals surface area (Å²) in [5, 5.41) is 2.26. The van der Waals surface area contributed by atoms with Gasteiger partial charge >= 0.3 is 0 Å². The molecule has 4 nitrogen and oxygen atoms in total. The van der Waals surface area contributed by atoms with Crippen LogP contribution in [0, 0.1) is 0 Å². The van der Waals surface area contributed by atoms with Crippen LogP contribution in [0.15, 0.2) is 54.6 Å². The maximum Gasteiger partial charge on any atom is 0.137 e. The fraction of sp³-hybridized carbons (Fsp3) is 0.370. The van der Waals surface area contributed by atoms with E-state index in [9.17, 15) is 4.79 Å². The van der Waals surface area contributed by atoms with Crippen molar-refractivity contribution in [3.63, 3.8) is 0 Å². The van der Waals surface area contributed by atoms with Gasteiger partial charge in [0.25, 0.3) is 0 Å². The predicted octanol–water partition coefficient (Wildman–Crippen LogP) is 6.17. The maximum absolute atomic E-state index is 11.3. The highest BCUT2D eigenvalue weighted by atomic mass is 16.5. The number of benzene rings is 3.